The molecule has 16 heavy (non-hydrogen) atoms. The first kappa shape index (κ1) is 12.7. The highest BCUT2D eigenvalue weighted by Crippen LogP contribution is 2.35. The summed E-state index contributed by atoms with van der Waals surface area (Å²) >= 11 is 0. The van der Waals surface area contributed by atoms with Gasteiger partial charge in [0, 0.05) is 17.9 Å². The number of methoxy groups -OCH3 is 1. The summed E-state index contributed by atoms with van der Waals surface area (Å²) in [5.74, 6) is 0.326. The second-order valence-electron chi connectivity index (χ2n) is 4.22. The summed E-state index contributed by atoms with van der Waals surface area (Å²) in [5.41, 5.74) is -0.631. The van der Waals surface area contributed by atoms with Crippen LogP contribution in [0.1, 0.15) is 33.1 Å². The lowest BCUT2D eigenvalue weighted by atomic mass is 9.75. The average molecular weight is 226 g/mol. The van der Waals surface area contributed by atoms with Crippen LogP contribution in [0.2, 0.25) is 0 Å². The van der Waals surface area contributed by atoms with Crippen LogP contribution in [0.4, 0.5) is 0 Å². The Hall–Kier alpha value is -1.32. The number of hydrogen-bond donors (Lipinski definition) is 0. The second-order valence-corrected chi connectivity index (χ2v) is 4.22. The lowest BCUT2D eigenvalue weighted by molar-refractivity contribution is -0.146. The first-order valence-electron chi connectivity index (χ1n) is 5.46. The molecule has 0 aromatic carbocycles. The SMILES string of the molecule is CCOC1=CC(=O)C(C)(CC(=O)OC)CC1. The molecule has 0 saturated carbocycles. The molecule has 4 nitrogen and oxygen atoms in total. The van der Waals surface area contributed by atoms with Crippen LogP contribution in [0, 0.1) is 5.41 Å². The van der Waals surface area contributed by atoms with Crippen molar-refractivity contribution in [3.8, 4) is 0 Å². The summed E-state index contributed by atoms with van der Waals surface area (Å²) in [6.45, 7) is 4.24. The van der Waals surface area contributed by atoms with E-state index >= 15 is 0 Å². The van der Waals surface area contributed by atoms with Gasteiger partial charge in [0.1, 0.15) is 0 Å². The van der Waals surface area contributed by atoms with E-state index in [0.29, 0.717) is 19.4 Å². The third-order valence-electron chi connectivity index (χ3n) is 2.90. The standard InChI is InChI=1S/C12H18O4/c1-4-16-9-5-6-12(2,10(13)7-9)8-11(14)15-3/h7H,4-6,8H2,1-3H3. The molecule has 1 aliphatic carbocycles. The van der Waals surface area contributed by atoms with Gasteiger partial charge in [0.15, 0.2) is 5.78 Å². The molecule has 1 aliphatic rings. The summed E-state index contributed by atoms with van der Waals surface area (Å²) in [7, 11) is 1.33. The third kappa shape index (κ3) is 2.84. The highest BCUT2D eigenvalue weighted by Gasteiger charge is 2.37. The van der Waals surface area contributed by atoms with Crippen LogP contribution in [0.5, 0.6) is 0 Å². The maximum absolute atomic E-state index is 11.9. The quantitative estimate of drug-likeness (QED) is 0.686. The largest absolute Gasteiger partial charge is 0.498 e. The molecule has 0 amide bonds. The molecular formula is C12H18O4. The van der Waals surface area contributed by atoms with Crippen LogP contribution in [0.15, 0.2) is 11.8 Å². The van der Waals surface area contributed by atoms with Crippen molar-refractivity contribution in [3.05, 3.63) is 11.8 Å². The second kappa shape index (κ2) is 5.14. The van der Waals surface area contributed by atoms with Gasteiger partial charge in [0.2, 0.25) is 0 Å². The number of carbonyl (C=O) groups excluding carboxylic acids is 2. The maximum atomic E-state index is 11.9. The van der Waals surface area contributed by atoms with Gasteiger partial charge in [-0.25, -0.2) is 0 Å². The predicted molar refractivity (Wildman–Crippen MR) is 58.7 cm³/mol. The molecule has 0 bridgehead atoms. The van der Waals surface area contributed by atoms with Crippen LogP contribution >= 0.6 is 0 Å². The van der Waals surface area contributed by atoms with Crippen LogP contribution in [0.25, 0.3) is 0 Å². The number of carbonyl (C=O) groups is 2. The molecule has 0 saturated heterocycles. The smallest absolute Gasteiger partial charge is 0.306 e. The van der Waals surface area contributed by atoms with Crippen molar-refractivity contribution in [2.45, 2.75) is 33.1 Å². The highest BCUT2D eigenvalue weighted by molar-refractivity contribution is 5.98. The fraction of sp³-hybridized carbons (Fsp3) is 0.667. The number of rotatable bonds is 4. The van der Waals surface area contributed by atoms with Crippen LogP contribution in [-0.2, 0) is 19.1 Å². The first-order valence-corrected chi connectivity index (χ1v) is 5.46. The van der Waals surface area contributed by atoms with Crippen molar-refractivity contribution in [3.63, 3.8) is 0 Å². The van der Waals surface area contributed by atoms with Crippen molar-refractivity contribution in [2.75, 3.05) is 13.7 Å². The summed E-state index contributed by atoms with van der Waals surface area (Å²) in [6.07, 6.45) is 2.98. The van der Waals surface area contributed by atoms with E-state index in [4.69, 9.17) is 4.74 Å². The lowest BCUT2D eigenvalue weighted by Gasteiger charge is -2.29. The number of esters is 1. The molecule has 0 aliphatic heterocycles. The molecule has 1 atom stereocenters. The Labute approximate surface area is 95.6 Å². The van der Waals surface area contributed by atoms with Gasteiger partial charge in [-0.15, -0.1) is 0 Å². The van der Waals surface area contributed by atoms with Gasteiger partial charge in [-0.2, -0.15) is 0 Å². The van der Waals surface area contributed by atoms with Crippen molar-refractivity contribution in [2.24, 2.45) is 5.41 Å². The van der Waals surface area contributed by atoms with E-state index in [1.54, 1.807) is 6.92 Å². The fourth-order valence-corrected chi connectivity index (χ4v) is 1.78. The van der Waals surface area contributed by atoms with E-state index in [0.717, 1.165) is 5.76 Å². The Kier molecular flexibility index (Phi) is 4.10. The van der Waals surface area contributed by atoms with Crippen molar-refractivity contribution in [1.29, 1.82) is 0 Å². The van der Waals surface area contributed by atoms with E-state index in [1.165, 1.54) is 13.2 Å². The van der Waals surface area contributed by atoms with Gasteiger partial charge in [-0.05, 0) is 13.3 Å². The molecule has 1 unspecified atom stereocenters. The molecule has 0 N–H and O–H groups in total. The zero-order valence-electron chi connectivity index (χ0n) is 10.0. The van der Waals surface area contributed by atoms with Crippen LogP contribution in [0.3, 0.4) is 0 Å². The minimum Gasteiger partial charge on any atom is -0.498 e. The van der Waals surface area contributed by atoms with Crippen molar-refractivity contribution >= 4 is 11.8 Å². The summed E-state index contributed by atoms with van der Waals surface area (Å²) in [6, 6.07) is 0. The molecule has 0 aromatic heterocycles. The van der Waals surface area contributed by atoms with E-state index in [1.807, 2.05) is 6.92 Å². The monoisotopic (exact) mass is 226 g/mol. The highest BCUT2D eigenvalue weighted by atomic mass is 16.5. The van der Waals surface area contributed by atoms with Crippen molar-refractivity contribution < 1.29 is 19.1 Å². The minimum atomic E-state index is -0.631. The molecule has 1 rings (SSSR count). The lowest BCUT2D eigenvalue weighted by Crippen LogP contribution is -2.33. The van der Waals surface area contributed by atoms with Gasteiger partial charge in [-0.3, -0.25) is 9.59 Å². The van der Waals surface area contributed by atoms with Gasteiger partial charge >= 0.3 is 5.97 Å². The Morgan fingerprint density at radius 1 is 1.56 bits per heavy atom. The Bertz CT molecular complexity index is 319. The fourth-order valence-electron chi connectivity index (χ4n) is 1.78. The summed E-state index contributed by atoms with van der Waals surface area (Å²) < 4.78 is 9.90. The molecule has 0 radical (unpaired) electrons. The van der Waals surface area contributed by atoms with Gasteiger partial charge in [-0.1, -0.05) is 6.92 Å². The normalized spacial score (nSPS) is 24.9. The van der Waals surface area contributed by atoms with Gasteiger partial charge in [0.05, 0.1) is 25.9 Å². The summed E-state index contributed by atoms with van der Waals surface area (Å²) in [5, 5.41) is 0. The Morgan fingerprint density at radius 2 is 2.25 bits per heavy atom. The number of allylic oxidation sites excluding steroid dienone is 2. The van der Waals surface area contributed by atoms with E-state index in [2.05, 4.69) is 4.74 Å². The average Bonchev–Trinajstić information content (AvgIpc) is 2.24. The molecule has 0 aromatic rings. The first-order chi connectivity index (χ1) is 7.51. The van der Waals surface area contributed by atoms with Crippen molar-refractivity contribution in [1.82, 2.24) is 0 Å². The predicted octanol–water partition coefficient (Wildman–Crippen LogP) is 1.84. The van der Waals surface area contributed by atoms with Crippen LogP contribution in [-0.4, -0.2) is 25.5 Å². The Morgan fingerprint density at radius 3 is 2.75 bits per heavy atom. The molecule has 0 heterocycles. The molecule has 4 heteroatoms. The van der Waals surface area contributed by atoms with Crippen LogP contribution < -0.4 is 0 Å². The van der Waals surface area contributed by atoms with E-state index < -0.39 is 5.41 Å². The minimum absolute atomic E-state index is 0.0485. The third-order valence-corrected chi connectivity index (χ3v) is 2.90. The molecular weight excluding hydrogens is 208 g/mol. The zero-order chi connectivity index (χ0) is 12.2. The molecule has 0 fully saturated rings. The van der Waals surface area contributed by atoms with E-state index in [9.17, 15) is 9.59 Å². The maximum Gasteiger partial charge on any atom is 0.306 e. The number of ketones is 1. The molecule has 0 spiro atoms. The number of ether oxygens (including phenoxy) is 2. The van der Waals surface area contributed by atoms with E-state index in [-0.39, 0.29) is 18.2 Å². The topological polar surface area (TPSA) is 52.6 Å². The molecule has 90 valence electrons. The number of hydrogen-bond acceptors (Lipinski definition) is 4. The summed E-state index contributed by atoms with van der Waals surface area (Å²) in [4.78, 5) is 23.1. The Balaban J connectivity index is 2.72. The zero-order valence-corrected chi connectivity index (χ0v) is 10.0. The van der Waals surface area contributed by atoms with Gasteiger partial charge < -0.3 is 9.47 Å². The van der Waals surface area contributed by atoms with Gasteiger partial charge in [0.25, 0.3) is 0 Å².